The Kier molecular flexibility index (Phi) is 4.53. The summed E-state index contributed by atoms with van der Waals surface area (Å²) in [6.45, 7) is 4.72. The van der Waals surface area contributed by atoms with E-state index in [2.05, 4.69) is 63.2 Å². The molecule has 100 valence electrons. The summed E-state index contributed by atoms with van der Waals surface area (Å²) in [4.78, 5) is 0. The molecule has 0 radical (unpaired) electrons. The standard InChI is InChI=1S/C15H15Br2NO/c1-9-6-10(2)14(13(17)7-9)18-8-11-4-3-5-12(16)15(11)19/h3-7,18-19H,8H2,1-2H3. The number of halogens is 2. The fourth-order valence-corrected chi connectivity index (χ4v) is 3.25. The number of phenolic OH excluding ortho intramolecular Hbond substituents is 1. The van der Waals surface area contributed by atoms with Crippen LogP contribution >= 0.6 is 31.9 Å². The SMILES string of the molecule is Cc1cc(C)c(NCc2cccc(Br)c2O)c(Br)c1. The monoisotopic (exact) mass is 383 g/mol. The van der Waals surface area contributed by atoms with Crippen LogP contribution < -0.4 is 5.32 Å². The summed E-state index contributed by atoms with van der Waals surface area (Å²) in [7, 11) is 0. The molecule has 2 N–H and O–H groups in total. The number of phenols is 1. The highest BCUT2D eigenvalue weighted by Crippen LogP contribution is 2.31. The zero-order valence-electron chi connectivity index (χ0n) is 10.8. The van der Waals surface area contributed by atoms with Gasteiger partial charge in [-0.05, 0) is 69.0 Å². The van der Waals surface area contributed by atoms with Crippen LogP contribution in [-0.4, -0.2) is 5.11 Å². The molecule has 0 bridgehead atoms. The second kappa shape index (κ2) is 5.97. The highest BCUT2D eigenvalue weighted by Gasteiger charge is 2.08. The molecular formula is C15H15Br2NO. The minimum atomic E-state index is 0.288. The first-order chi connectivity index (χ1) is 8.99. The molecule has 0 aromatic heterocycles. The molecule has 2 nitrogen and oxygen atoms in total. The average molecular weight is 385 g/mol. The molecule has 2 aromatic carbocycles. The molecule has 0 aliphatic carbocycles. The van der Waals surface area contributed by atoms with E-state index in [0.717, 1.165) is 15.7 Å². The number of hydrogen-bond acceptors (Lipinski definition) is 2. The lowest BCUT2D eigenvalue weighted by Crippen LogP contribution is -2.02. The quantitative estimate of drug-likeness (QED) is 0.767. The summed E-state index contributed by atoms with van der Waals surface area (Å²) in [5.74, 6) is 0.288. The van der Waals surface area contributed by atoms with Crippen molar-refractivity contribution in [3.63, 3.8) is 0 Å². The second-order valence-electron chi connectivity index (χ2n) is 4.54. The number of benzene rings is 2. The van der Waals surface area contributed by atoms with E-state index in [9.17, 15) is 5.11 Å². The van der Waals surface area contributed by atoms with Crippen molar-refractivity contribution in [1.29, 1.82) is 0 Å². The first kappa shape index (κ1) is 14.4. The number of aromatic hydroxyl groups is 1. The predicted octanol–water partition coefficient (Wildman–Crippen LogP) is 5.15. The third-order valence-corrected chi connectivity index (χ3v) is 4.22. The van der Waals surface area contributed by atoms with Crippen molar-refractivity contribution >= 4 is 37.5 Å². The normalized spacial score (nSPS) is 10.5. The Morgan fingerprint density at radius 3 is 2.53 bits per heavy atom. The van der Waals surface area contributed by atoms with Crippen LogP contribution in [0.3, 0.4) is 0 Å². The first-order valence-electron chi connectivity index (χ1n) is 5.96. The number of nitrogens with one attached hydrogen (secondary N) is 1. The van der Waals surface area contributed by atoms with Crippen molar-refractivity contribution in [2.24, 2.45) is 0 Å². The summed E-state index contributed by atoms with van der Waals surface area (Å²) in [5, 5.41) is 13.3. The Labute approximate surface area is 130 Å². The van der Waals surface area contributed by atoms with Gasteiger partial charge in [-0.15, -0.1) is 0 Å². The molecule has 0 amide bonds. The highest BCUT2D eigenvalue weighted by atomic mass is 79.9. The van der Waals surface area contributed by atoms with E-state index in [1.807, 2.05) is 18.2 Å². The van der Waals surface area contributed by atoms with Crippen LogP contribution in [0.25, 0.3) is 0 Å². The van der Waals surface area contributed by atoms with E-state index in [1.165, 1.54) is 11.1 Å². The van der Waals surface area contributed by atoms with Crippen LogP contribution in [0.1, 0.15) is 16.7 Å². The zero-order valence-corrected chi connectivity index (χ0v) is 14.0. The van der Waals surface area contributed by atoms with Crippen molar-refractivity contribution in [3.05, 3.63) is 56.0 Å². The van der Waals surface area contributed by atoms with Crippen LogP contribution in [0.2, 0.25) is 0 Å². The van der Waals surface area contributed by atoms with Gasteiger partial charge < -0.3 is 10.4 Å². The van der Waals surface area contributed by atoms with Gasteiger partial charge in [-0.1, -0.05) is 18.2 Å². The Balaban J connectivity index is 2.22. The molecule has 0 spiro atoms. The summed E-state index contributed by atoms with van der Waals surface area (Å²) >= 11 is 6.89. The lowest BCUT2D eigenvalue weighted by molar-refractivity contribution is 0.465. The van der Waals surface area contributed by atoms with E-state index in [4.69, 9.17) is 0 Å². The van der Waals surface area contributed by atoms with E-state index < -0.39 is 0 Å². The molecule has 0 saturated carbocycles. The Bertz CT molecular complexity index is 588. The van der Waals surface area contributed by atoms with Crippen LogP contribution in [0.15, 0.2) is 39.3 Å². The fourth-order valence-electron chi connectivity index (χ4n) is 2.03. The minimum Gasteiger partial charge on any atom is -0.506 e. The van der Waals surface area contributed by atoms with Crippen LogP contribution in [0.4, 0.5) is 5.69 Å². The summed E-state index contributed by atoms with van der Waals surface area (Å²) < 4.78 is 1.76. The van der Waals surface area contributed by atoms with Crippen molar-refractivity contribution in [3.8, 4) is 5.75 Å². The second-order valence-corrected chi connectivity index (χ2v) is 6.25. The summed E-state index contributed by atoms with van der Waals surface area (Å²) in [6, 6.07) is 9.86. The van der Waals surface area contributed by atoms with E-state index in [1.54, 1.807) is 0 Å². The Morgan fingerprint density at radius 1 is 1.11 bits per heavy atom. The van der Waals surface area contributed by atoms with Crippen molar-refractivity contribution in [1.82, 2.24) is 0 Å². The summed E-state index contributed by atoms with van der Waals surface area (Å²) in [5.41, 5.74) is 4.33. The van der Waals surface area contributed by atoms with Crippen molar-refractivity contribution < 1.29 is 5.11 Å². The molecule has 19 heavy (non-hydrogen) atoms. The van der Waals surface area contributed by atoms with E-state index >= 15 is 0 Å². The minimum absolute atomic E-state index is 0.288. The smallest absolute Gasteiger partial charge is 0.134 e. The number of anilines is 1. The molecule has 0 atom stereocenters. The molecule has 0 unspecified atom stereocenters. The molecule has 2 rings (SSSR count). The van der Waals surface area contributed by atoms with Gasteiger partial charge in [-0.2, -0.15) is 0 Å². The average Bonchev–Trinajstić information content (AvgIpc) is 2.33. The van der Waals surface area contributed by atoms with E-state index in [-0.39, 0.29) is 5.75 Å². The van der Waals surface area contributed by atoms with E-state index in [0.29, 0.717) is 11.0 Å². The lowest BCUT2D eigenvalue weighted by Gasteiger charge is -2.14. The van der Waals surface area contributed by atoms with Gasteiger partial charge in [0.15, 0.2) is 0 Å². The highest BCUT2D eigenvalue weighted by molar-refractivity contribution is 9.11. The van der Waals surface area contributed by atoms with Crippen molar-refractivity contribution in [2.45, 2.75) is 20.4 Å². The van der Waals surface area contributed by atoms with Crippen molar-refractivity contribution in [2.75, 3.05) is 5.32 Å². The van der Waals surface area contributed by atoms with Gasteiger partial charge >= 0.3 is 0 Å². The topological polar surface area (TPSA) is 32.3 Å². The molecule has 0 aliphatic heterocycles. The van der Waals surface area contributed by atoms with Gasteiger partial charge in [0, 0.05) is 16.6 Å². The molecule has 4 heteroatoms. The van der Waals surface area contributed by atoms with Crippen LogP contribution in [0.5, 0.6) is 5.75 Å². The Morgan fingerprint density at radius 2 is 1.84 bits per heavy atom. The molecule has 0 fully saturated rings. The summed E-state index contributed by atoms with van der Waals surface area (Å²) in [6.07, 6.45) is 0. The van der Waals surface area contributed by atoms with Gasteiger partial charge in [0.2, 0.25) is 0 Å². The number of aryl methyl sites for hydroxylation is 2. The largest absolute Gasteiger partial charge is 0.506 e. The predicted molar refractivity (Wildman–Crippen MR) is 86.7 cm³/mol. The molecular weight excluding hydrogens is 370 g/mol. The van der Waals surface area contributed by atoms with Gasteiger partial charge in [0.25, 0.3) is 0 Å². The Hall–Kier alpha value is -1.000. The van der Waals surface area contributed by atoms with Gasteiger partial charge in [-0.25, -0.2) is 0 Å². The zero-order chi connectivity index (χ0) is 14.0. The maximum absolute atomic E-state index is 9.96. The molecule has 0 saturated heterocycles. The molecule has 2 aromatic rings. The number of para-hydroxylation sites is 1. The third-order valence-electron chi connectivity index (χ3n) is 2.96. The van der Waals surface area contributed by atoms with Crippen LogP contribution in [0, 0.1) is 13.8 Å². The molecule has 0 aliphatic rings. The number of hydrogen-bond donors (Lipinski definition) is 2. The lowest BCUT2D eigenvalue weighted by atomic mass is 10.1. The molecule has 0 heterocycles. The first-order valence-corrected chi connectivity index (χ1v) is 7.54. The van der Waals surface area contributed by atoms with Gasteiger partial charge in [0.1, 0.15) is 5.75 Å². The van der Waals surface area contributed by atoms with Gasteiger partial charge in [0.05, 0.1) is 10.2 Å². The fraction of sp³-hybridized carbons (Fsp3) is 0.200. The maximum atomic E-state index is 9.96. The number of rotatable bonds is 3. The van der Waals surface area contributed by atoms with Crippen LogP contribution in [-0.2, 0) is 6.54 Å². The third kappa shape index (κ3) is 3.31. The maximum Gasteiger partial charge on any atom is 0.134 e. The van der Waals surface area contributed by atoms with Gasteiger partial charge in [-0.3, -0.25) is 0 Å².